The van der Waals surface area contributed by atoms with E-state index in [9.17, 15) is 9.90 Å². The summed E-state index contributed by atoms with van der Waals surface area (Å²) in [6.45, 7) is 2.20. The van der Waals surface area contributed by atoms with Gasteiger partial charge in [0.2, 0.25) is 0 Å². The van der Waals surface area contributed by atoms with Gasteiger partial charge in [0.15, 0.2) is 0 Å². The highest BCUT2D eigenvalue weighted by atomic mass is 16.6. The molecular formula is C13H16N2O3. The van der Waals surface area contributed by atoms with Gasteiger partial charge < -0.3 is 15.2 Å². The molecule has 1 aromatic rings. The fourth-order valence-corrected chi connectivity index (χ4v) is 2.61. The number of hydrogen-bond donors (Lipinski definition) is 2. The number of ether oxygens (including phenoxy) is 1. The first kappa shape index (κ1) is 11.3. The van der Waals surface area contributed by atoms with Gasteiger partial charge in [-0.3, -0.25) is 4.90 Å². The molecule has 2 atom stereocenters. The van der Waals surface area contributed by atoms with E-state index in [1.807, 2.05) is 12.1 Å². The maximum atomic E-state index is 11.8. The van der Waals surface area contributed by atoms with Crippen LogP contribution in [0.5, 0.6) is 5.75 Å². The average Bonchev–Trinajstić information content (AvgIpc) is 2.69. The van der Waals surface area contributed by atoms with E-state index in [4.69, 9.17) is 4.74 Å². The zero-order valence-electron chi connectivity index (χ0n) is 10.0. The average molecular weight is 248 g/mol. The van der Waals surface area contributed by atoms with Crippen LogP contribution in [0, 0.1) is 0 Å². The van der Waals surface area contributed by atoms with Gasteiger partial charge in [0, 0.05) is 13.1 Å². The normalized spacial score (nSPS) is 26.9. The molecule has 2 saturated heterocycles. The lowest BCUT2D eigenvalue weighted by molar-refractivity contribution is 0.121. The molecular weight excluding hydrogens is 232 g/mol. The molecule has 0 radical (unpaired) electrons. The molecule has 2 N–H and O–H groups in total. The predicted molar refractivity (Wildman–Crippen MR) is 65.2 cm³/mol. The summed E-state index contributed by atoms with van der Waals surface area (Å²) >= 11 is 0. The van der Waals surface area contributed by atoms with Gasteiger partial charge in [-0.15, -0.1) is 0 Å². The Labute approximate surface area is 105 Å². The largest absolute Gasteiger partial charge is 0.508 e. The van der Waals surface area contributed by atoms with Gasteiger partial charge in [0.25, 0.3) is 0 Å². The number of hydrogen-bond acceptors (Lipinski definition) is 4. The first-order chi connectivity index (χ1) is 8.74. The molecule has 2 fully saturated rings. The third-order valence-electron chi connectivity index (χ3n) is 3.57. The minimum absolute atomic E-state index is 0.0247. The van der Waals surface area contributed by atoms with E-state index < -0.39 is 0 Å². The Morgan fingerprint density at radius 2 is 2.17 bits per heavy atom. The van der Waals surface area contributed by atoms with E-state index in [2.05, 4.69) is 5.32 Å². The monoisotopic (exact) mass is 248 g/mol. The van der Waals surface area contributed by atoms with E-state index in [1.54, 1.807) is 17.0 Å². The number of fused-ring (bicyclic) bond motifs is 1. The molecule has 0 bridgehead atoms. The van der Waals surface area contributed by atoms with Crippen LogP contribution in [0.15, 0.2) is 24.3 Å². The van der Waals surface area contributed by atoms with Crippen LogP contribution in [0.1, 0.15) is 12.0 Å². The molecule has 5 heteroatoms. The zero-order chi connectivity index (χ0) is 12.5. The van der Waals surface area contributed by atoms with Gasteiger partial charge in [-0.05, 0) is 30.7 Å². The van der Waals surface area contributed by atoms with Gasteiger partial charge in [-0.25, -0.2) is 4.79 Å². The third-order valence-corrected chi connectivity index (χ3v) is 3.57. The van der Waals surface area contributed by atoms with Crippen molar-refractivity contribution < 1.29 is 14.6 Å². The van der Waals surface area contributed by atoms with Crippen molar-refractivity contribution in [2.24, 2.45) is 0 Å². The smallest absolute Gasteiger partial charge is 0.410 e. The fourth-order valence-electron chi connectivity index (χ4n) is 2.61. The van der Waals surface area contributed by atoms with Crippen LogP contribution in [-0.4, -0.2) is 41.3 Å². The number of phenolic OH excluding ortho intramolecular Hbond substituents is 1. The second-order valence-corrected chi connectivity index (χ2v) is 4.78. The predicted octanol–water partition coefficient (Wildman–Crippen LogP) is 1.07. The molecule has 1 aromatic carbocycles. The molecule has 0 aliphatic carbocycles. The van der Waals surface area contributed by atoms with Gasteiger partial charge in [-0.2, -0.15) is 0 Å². The molecule has 2 aliphatic heterocycles. The molecule has 2 unspecified atom stereocenters. The number of carbonyl (C=O) groups is 1. The van der Waals surface area contributed by atoms with Crippen molar-refractivity contribution in [1.29, 1.82) is 0 Å². The summed E-state index contributed by atoms with van der Waals surface area (Å²) in [6.07, 6.45) is 0.666. The molecule has 3 rings (SSSR count). The fraction of sp³-hybridized carbons (Fsp3) is 0.462. The summed E-state index contributed by atoms with van der Waals surface area (Å²) < 4.78 is 5.35. The summed E-state index contributed by atoms with van der Waals surface area (Å²) in [4.78, 5) is 13.6. The summed E-state index contributed by atoms with van der Waals surface area (Å²) in [7, 11) is 0. The van der Waals surface area contributed by atoms with Crippen LogP contribution >= 0.6 is 0 Å². The molecule has 96 valence electrons. The molecule has 0 spiro atoms. The molecule has 2 heterocycles. The number of aromatic hydroxyl groups is 1. The van der Waals surface area contributed by atoms with Crippen LogP contribution in [0.4, 0.5) is 4.79 Å². The molecule has 0 aromatic heterocycles. The van der Waals surface area contributed by atoms with E-state index in [0.717, 1.165) is 25.1 Å². The molecule has 5 nitrogen and oxygen atoms in total. The standard InChI is InChI=1S/C13H16N2O3/c16-10-3-1-9(2-4-10)8-15-11-5-6-14-7-12(11)18-13(15)17/h1-4,11-12,14,16H,5-8H2. The highest BCUT2D eigenvalue weighted by molar-refractivity contribution is 5.71. The van der Waals surface area contributed by atoms with Gasteiger partial charge in [0.1, 0.15) is 11.9 Å². The summed E-state index contributed by atoms with van der Waals surface area (Å²) in [5.41, 5.74) is 1.00. The number of phenols is 1. The van der Waals surface area contributed by atoms with Gasteiger partial charge in [-0.1, -0.05) is 12.1 Å². The van der Waals surface area contributed by atoms with Crippen molar-refractivity contribution in [3.05, 3.63) is 29.8 Å². The number of benzene rings is 1. The van der Waals surface area contributed by atoms with E-state index in [0.29, 0.717) is 6.54 Å². The third kappa shape index (κ3) is 2.01. The zero-order valence-corrected chi connectivity index (χ0v) is 10.0. The van der Waals surface area contributed by atoms with Crippen molar-refractivity contribution in [2.45, 2.75) is 25.1 Å². The minimum Gasteiger partial charge on any atom is -0.508 e. The highest BCUT2D eigenvalue weighted by Gasteiger charge is 2.42. The first-order valence-electron chi connectivity index (χ1n) is 6.20. The molecule has 1 amide bonds. The van der Waals surface area contributed by atoms with Crippen LogP contribution < -0.4 is 5.32 Å². The summed E-state index contributed by atoms with van der Waals surface area (Å²) in [5.74, 6) is 0.238. The van der Waals surface area contributed by atoms with E-state index in [1.165, 1.54) is 0 Å². The molecule has 0 saturated carbocycles. The number of piperidine rings is 1. The maximum absolute atomic E-state index is 11.8. The Morgan fingerprint density at radius 1 is 1.39 bits per heavy atom. The lowest BCUT2D eigenvalue weighted by Crippen LogP contribution is -2.46. The summed E-state index contributed by atoms with van der Waals surface area (Å²) in [5, 5.41) is 12.5. The van der Waals surface area contributed by atoms with E-state index in [-0.39, 0.29) is 24.0 Å². The first-order valence-corrected chi connectivity index (χ1v) is 6.20. The van der Waals surface area contributed by atoms with Gasteiger partial charge in [0.05, 0.1) is 6.04 Å². The van der Waals surface area contributed by atoms with Crippen molar-refractivity contribution in [2.75, 3.05) is 13.1 Å². The second kappa shape index (κ2) is 4.49. The second-order valence-electron chi connectivity index (χ2n) is 4.78. The van der Waals surface area contributed by atoms with Crippen LogP contribution in [-0.2, 0) is 11.3 Å². The lowest BCUT2D eigenvalue weighted by atomic mass is 10.0. The van der Waals surface area contributed by atoms with E-state index >= 15 is 0 Å². The topological polar surface area (TPSA) is 61.8 Å². The Balaban J connectivity index is 1.75. The Kier molecular flexibility index (Phi) is 2.83. The Morgan fingerprint density at radius 3 is 2.94 bits per heavy atom. The Hall–Kier alpha value is -1.75. The Bertz CT molecular complexity index is 446. The number of amides is 1. The quantitative estimate of drug-likeness (QED) is 0.822. The van der Waals surface area contributed by atoms with Crippen LogP contribution in [0.25, 0.3) is 0 Å². The minimum atomic E-state index is -0.234. The van der Waals surface area contributed by atoms with Crippen molar-refractivity contribution in [3.8, 4) is 5.75 Å². The van der Waals surface area contributed by atoms with Crippen LogP contribution in [0.3, 0.4) is 0 Å². The van der Waals surface area contributed by atoms with Crippen LogP contribution in [0.2, 0.25) is 0 Å². The number of rotatable bonds is 2. The van der Waals surface area contributed by atoms with Crippen molar-refractivity contribution in [1.82, 2.24) is 10.2 Å². The highest BCUT2D eigenvalue weighted by Crippen LogP contribution is 2.26. The summed E-state index contributed by atoms with van der Waals surface area (Å²) in [6, 6.07) is 7.11. The number of nitrogens with one attached hydrogen (secondary N) is 1. The number of nitrogens with zero attached hydrogens (tertiary/aromatic N) is 1. The molecule has 2 aliphatic rings. The van der Waals surface area contributed by atoms with Crippen molar-refractivity contribution in [3.63, 3.8) is 0 Å². The van der Waals surface area contributed by atoms with Gasteiger partial charge >= 0.3 is 6.09 Å². The van der Waals surface area contributed by atoms with Crippen molar-refractivity contribution >= 4 is 6.09 Å². The lowest BCUT2D eigenvalue weighted by Gasteiger charge is -2.28. The SMILES string of the molecule is O=C1OC2CNCCC2N1Cc1ccc(O)cc1. The maximum Gasteiger partial charge on any atom is 0.410 e. The molecule has 18 heavy (non-hydrogen) atoms. The number of carbonyl (C=O) groups excluding carboxylic acids is 1.